The molecule has 0 spiro atoms. The van der Waals surface area contributed by atoms with Crippen LogP contribution in [0.15, 0.2) is 16.6 Å². The van der Waals surface area contributed by atoms with E-state index in [1.807, 2.05) is 12.1 Å². The summed E-state index contributed by atoms with van der Waals surface area (Å²) in [6.07, 6.45) is 0. The van der Waals surface area contributed by atoms with Crippen molar-refractivity contribution in [1.82, 2.24) is 0 Å². The van der Waals surface area contributed by atoms with Crippen LogP contribution in [0.5, 0.6) is 5.75 Å². The summed E-state index contributed by atoms with van der Waals surface area (Å²) in [6, 6.07) is 3.97. The van der Waals surface area contributed by atoms with Gasteiger partial charge in [0.2, 0.25) is 0 Å². The average molecular weight is 322 g/mol. The van der Waals surface area contributed by atoms with E-state index in [1.54, 1.807) is 0 Å². The normalized spacial score (nSPS) is 11.8. The highest BCUT2D eigenvalue weighted by Crippen LogP contribution is 2.37. The second-order valence-corrected chi connectivity index (χ2v) is 5.77. The molecule has 0 radical (unpaired) electrons. The van der Waals surface area contributed by atoms with E-state index in [9.17, 15) is 5.11 Å². The fourth-order valence-corrected chi connectivity index (χ4v) is 2.14. The zero-order chi connectivity index (χ0) is 10.9. The van der Waals surface area contributed by atoms with Crippen LogP contribution in [0.3, 0.4) is 0 Å². The fraction of sp³-hybridized carbons (Fsp3) is 0.455. The van der Waals surface area contributed by atoms with E-state index in [0.717, 1.165) is 15.4 Å². The first-order valence-corrected chi connectivity index (χ1v) is 6.35. The monoisotopic (exact) mass is 320 g/mol. The SMILES string of the molecule is CC(C)(C)c1cc(CBr)cc(Br)c1O. The number of alkyl halides is 1. The number of phenols is 1. The highest BCUT2D eigenvalue weighted by atomic mass is 79.9. The first-order chi connectivity index (χ1) is 6.36. The van der Waals surface area contributed by atoms with Crippen LogP contribution in [-0.2, 0) is 10.7 Å². The van der Waals surface area contributed by atoms with Gasteiger partial charge in [-0.2, -0.15) is 0 Å². The van der Waals surface area contributed by atoms with Crippen molar-refractivity contribution in [3.05, 3.63) is 27.7 Å². The molecule has 0 bridgehead atoms. The Bertz CT molecular complexity index is 340. The molecule has 0 fully saturated rings. The lowest BCUT2D eigenvalue weighted by Gasteiger charge is -2.21. The summed E-state index contributed by atoms with van der Waals surface area (Å²) in [5, 5.41) is 10.7. The minimum absolute atomic E-state index is 0.0369. The first-order valence-electron chi connectivity index (χ1n) is 4.44. The van der Waals surface area contributed by atoms with E-state index in [-0.39, 0.29) is 5.41 Å². The Labute approximate surface area is 102 Å². The Hall–Kier alpha value is -0.0200. The van der Waals surface area contributed by atoms with Crippen molar-refractivity contribution < 1.29 is 5.11 Å². The Balaban J connectivity index is 3.35. The number of aromatic hydroxyl groups is 1. The van der Waals surface area contributed by atoms with Crippen LogP contribution in [-0.4, -0.2) is 5.11 Å². The van der Waals surface area contributed by atoms with Crippen LogP contribution < -0.4 is 0 Å². The molecule has 0 aliphatic carbocycles. The number of benzene rings is 1. The average Bonchev–Trinajstić information content (AvgIpc) is 2.07. The van der Waals surface area contributed by atoms with Crippen LogP contribution in [0.25, 0.3) is 0 Å². The molecule has 0 saturated carbocycles. The third-order valence-electron chi connectivity index (χ3n) is 2.09. The van der Waals surface area contributed by atoms with Gasteiger partial charge in [-0.25, -0.2) is 0 Å². The van der Waals surface area contributed by atoms with Gasteiger partial charge in [-0.1, -0.05) is 42.8 Å². The summed E-state index contributed by atoms with van der Waals surface area (Å²) >= 11 is 6.77. The maximum atomic E-state index is 9.89. The van der Waals surface area contributed by atoms with Crippen molar-refractivity contribution in [3.8, 4) is 5.75 Å². The number of rotatable bonds is 1. The second-order valence-electron chi connectivity index (χ2n) is 4.36. The van der Waals surface area contributed by atoms with Gasteiger partial charge in [0.25, 0.3) is 0 Å². The van der Waals surface area contributed by atoms with Gasteiger partial charge in [-0.05, 0) is 33.0 Å². The molecule has 1 nitrogen and oxygen atoms in total. The molecule has 1 N–H and O–H groups in total. The van der Waals surface area contributed by atoms with Crippen molar-refractivity contribution in [2.24, 2.45) is 0 Å². The first kappa shape index (κ1) is 12.1. The molecule has 14 heavy (non-hydrogen) atoms. The van der Waals surface area contributed by atoms with Crippen molar-refractivity contribution >= 4 is 31.9 Å². The lowest BCUT2D eigenvalue weighted by atomic mass is 9.85. The van der Waals surface area contributed by atoms with Crippen molar-refractivity contribution in [2.75, 3.05) is 0 Å². The molecule has 3 heteroatoms. The molecule has 1 rings (SSSR count). The molecular weight excluding hydrogens is 308 g/mol. The third-order valence-corrected chi connectivity index (χ3v) is 3.34. The van der Waals surface area contributed by atoms with E-state index >= 15 is 0 Å². The summed E-state index contributed by atoms with van der Waals surface area (Å²) in [5.41, 5.74) is 2.10. The van der Waals surface area contributed by atoms with E-state index in [4.69, 9.17) is 0 Å². The van der Waals surface area contributed by atoms with Gasteiger partial charge in [0.05, 0.1) is 4.47 Å². The summed E-state index contributed by atoms with van der Waals surface area (Å²) < 4.78 is 0.763. The van der Waals surface area contributed by atoms with Gasteiger partial charge in [-0.15, -0.1) is 0 Å². The smallest absolute Gasteiger partial charge is 0.133 e. The minimum Gasteiger partial charge on any atom is -0.506 e. The standard InChI is InChI=1S/C11H14Br2O/c1-11(2,3)8-4-7(6-12)5-9(13)10(8)14/h4-5,14H,6H2,1-3H3. The molecule has 0 heterocycles. The summed E-state index contributed by atoms with van der Waals surface area (Å²) in [4.78, 5) is 0. The molecule has 1 aromatic rings. The number of hydrogen-bond donors (Lipinski definition) is 1. The summed E-state index contributed by atoms with van der Waals surface area (Å²) in [7, 11) is 0. The summed E-state index contributed by atoms with van der Waals surface area (Å²) in [6.45, 7) is 6.27. The number of hydrogen-bond acceptors (Lipinski definition) is 1. The van der Waals surface area contributed by atoms with Crippen molar-refractivity contribution in [2.45, 2.75) is 31.5 Å². The van der Waals surface area contributed by atoms with E-state index in [1.165, 1.54) is 5.56 Å². The molecule has 1 aromatic carbocycles. The molecule has 0 atom stereocenters. The van der Waals surface area contributed by atoms with Crippen LogP contribution in [0.2, 0.25) is 0 Å². The van der Waals surface area contributed by atoms with Crippen molar-refractivity contribution in [3.63, 3.8) is 0 Å². The Morgan fingerprint density at radius 3 is 2.29 bits per heavy atom. The maximum absolute atomic E-state index is 9.89. The minimum atomic E-state index is -0.0369. The van der Waals surface area contributed by atoms with Gasteiger partial charge < -0.3 is 5.11 Å². The van der Waals surface area contributed by atoms with Crippen LogP contribution in [0.1, 0.15) is 31.9 Å². The summed E-state index contributed by atoms with van der Waals surface area (Å²) in [5.74, 6) is 0.349. The highest BCUT2D eigenvalue weighted by molar-refractivity contribution is 9.10. The Kier molecular flexibility index (Phi) is 3.64. The molecule has 0 aliphatic rings. The lowest BCUT2D eigenvalue weighted by Crippen LogP contribution is -2.11. The molecule has 0 amide bonds. The molecular formula is C11H14Br2O. The van der Waals surface area contributed by atoms with Crippen LogP contribution >= 0.6 is 31.9 Å². The second kappa shape index (κ2) is 4.23. The molecule has 0 saturated heterocycles. The zero-order valence-electron chi connectivity index (χ0n) is 8.56. The molecule has 0 aromatic heterocycles. The molecule has 78 valence electrons. The Morgan fingerprint density at radius 1 is 1.29 bits per heavy atom. The number of halogens is 2. The highest BCUT2D eigenvalue weighted by Gasteiger charge is 2.20. The van der Waals surface area contributed by atoms with Gasteiger partial charge in [0.1, 0.15) is 5.75 Å². The predicted octanol–water partition coefficient (Wildman–Crippen LogP) is 4.35. The maximum Gasteiger partial charge on any atom is 0.133 e. The molecule has 0 aliphatic heterocycles. The van der Waals surface area contributed by atoms with Gasteiger partial charge >= 0.3 is 0 Å². The predicted molar refractivity (Wildman–Crippen MR) is 67.1 cm³/mol. The van der Waals surface area contributed by atoms with E-state index in [2.05, 4.69) is 52.6 Å². The van der Waals surface area contributed by atoms with E-state index < -0.39 is 0 Å². The van der Waals surface area contributed by atoms with Gasteiger partial charge in [0.15, 0.2) is 0 Å². The van der Waals surface area contributed by atoms with E-state index in [0.29, 0.717) is 5.75 Å². The topological polar surface area (TPSA) is 20.2 Å². The molecule has 0 unspecified atom stereocenters. The van der Waals surface area contributed by atoms with Gasteiger partial charge in [0, 0.05) is 10.9 Å². The lowest BCUT2D eigenvalue weighted by molar-refractivity contribution is 0.443. The largest absolute Gasteiger partial charge is 0.506 e. The van der Waals surface area contributed by atoms with Gasteiger partial charge in [-0.3, -0.25) is 0 Å². The van der Waals surface area contributed by atoms with Crippen LogP contribution in [0, 0.1) is 0 Å². The van der Waals surface area contributed by atoms with Crippen molar-refractivity contribution in [1.29, 1.82) is 0 Å². The zero-order valence-corrected chi connectivity index (χ0v) is 11.7. The number of phenolic OH excluding ortho intramolecular Hbond substituents is 1. The quantitative estimate of drug-likeness (QED) is 0.762. The fourth-order valence-electron chi connectivity index (χ4n) is 1.30. The van der Waals surface area contributed by atoms with Crippen LogP contribution in [0.4, 0.5) is 0 Å². The Morgan fingerprint density at radius 2 is 1.86 bits per heavy atom. The third kappa shape index (κ3) is 2.51.